The van der Waals surface area contributed by atoms with E-state index < -0.39 is 11.3 Å². The summed E-state index contributed by atoms with van der Waals surface area (Å²) in [6, 6.07) is 5.62. The van der Waals surface area contributed by atoms with Crippen LogP contribution in [-0.4, -0.2) is 16.8 Å². The van der Waals surface area contributed by atoms with E-state index in [9.17, 15) is 9.59 Å². The standard InChI is InChI=1S/C14H11N3O2S/c15-11(18)9-4-7-5-14(6-10(7)20-9)8-2-1-3-16-12(8)17-13(14)19/h1-4H,5-6H2,(H2,15,18)(H,16,17,19). The van der Waals surface area contributed by atoms with Crippen molar-refractivity contribution in [3.63, 3.8) is 0 Å². The van der Waals surface area contributed by atoms with Gasteiger partial charge in [0.25, 0.3) is 5.91 Å². The van der Waals surface area contributed by atoms with Crippen LogP contribution >= 0.6 is 11.3 Å². The van der Waals surface area contributed by atoms with Crippen molar-refractivity contribution in [3.8, 4) is 0 Å². The van der Waals surface area contributed by atoms with Crippen LogP contribution in [0.25, 0.3) is 0 Å². The minimum atomic E-state index is -0.555. The first-order valence-electron chi connectivity index (χ1n) is 6.28. The molecular formula is C14H11N3O2S. The van der Waals surface area contributed by atoms with Gasteiger partial charge >= 0.3 is 0 Å². The van der Waals surface area contributed by atoms with Gasteiger partial charge in [0, 0.05) is 23.1 Å². The van der Waals surface area contributed by atoms with E-state index in [4.69, 9.17) is 5.73 Å². The van der Waals surface area contributed by atoms with Gasteiger partial charge in [-0.05, 0) is 24.1 Å². The number of nitrogens with one attached hydrogen (secondary N) is 1. The van der Waals surface area contributed by atoms with E-state index in [-0.39, 0.29) is 5.91 Å². The Morgan fingerprint density at radius 2 is 2.30 bits per heavy atom. The molecule has 2 amide bonds. The predicted octanol–water partition coefficient (Wildman–Crippen LogP) is 1.23. The van der Waals surface area contributed by atoms with E-state index in [1.54, 1.807) is 6.20 Å². The Kier molecular flexibility index (Phi) is 2.13. The van der Waals surface area contributed by atoms with Crippen molar-refractivity contribution in [2.45, 2.75) is 18.3 Å². The van der Waals surface area contributed by atoms with Crippen molar-refractivity contribution in [2.24, 2.45) is 5.73 Å². The minimum absolute atomic E-state index is 0.00442. The molecule has 2 aliphatic rings. The maximum atomic E-state index is 12.4. The number of aromatic nitrogens is 1. The number of fused-ring (bicyclic) bond motifs is 3. The molecule has 3 heterocycles. The second-order valence-electron chi connectivity index (χ2n) is 5.21. The lowest BCUT2D eigenvalue weighted by Gasteiger charge is -2.20. The molecule has 3 N–H and O–H groups in total. The van der Waals surface area contributed by atoms with Gasteiger partial charge in [0.2, 0.25) is 5.91 Å². The van der Waals surface area contributed by atoms with Crippen molar-refractivity contribution in [1.82, 2.24) is 4.98 Å². The number of thiophene rings is 1. The number of nitrogens with zero attached hydrogens (tertiary/aromatic N) is 1. The zero-order chi connectivity index (χ0) is 13.9. The van der Waals surface area contributed by atoms with Crippen molar-refractivity contribution < 1.29 is 9.59 Å². The first kappa shape index (κ1) is 11.6. The van der Waals surface area contributed by atoms with Gasteiger partial charge in [-0.1, -0.05) is 6.07 Å². The average Bonchev–Trinajstić information content (AvgIpc) is 3.02. The highest BCUT2D eigenvalue weighted by molar-refractivity contribution is 7.14. The third-order valence-corrected chi connectivity index (χ3v) is 5.28. The summed E-state index contributed by atoms with van der Waals surface area (Å²) in [4.78, 5) is 29.5. The summed E-state index contributed by atoms with van der Waals surface area (Å²) in [6.07, 6.45) is 2.90. The maximum absolute atomic E-state index is 12.4. The molecule has 1 aliphatic heterocycles. The second-order valence-corrected chi connectivity index (χ2v) is 6.35. The molecular weight excluding hydrogens is 274 g/mol. The fraction of sp³-hybridized carbons (Fsp3) is 0.214. The smallest absolute Gasteiger partial charge is 0.258 e. The molecule has 1 aliphatic carbocycles. The molecule has 0 radical (unpaired) electrons. The largest absolute Gasteiger partial charge is 0.365 e. The van der Waals surface area contributed by atoms with Gasteiger partial charge in [-0.3, -0.25) is 9.59 Å². The summed E-state index contributed by atoms with van der Waals surface area (Å²) in [6.45, 7) is 0. The predicted molar refractivity (Wildman–Crippen MR) is 74.8 cm³/mol. The zero-order valence-corrected chi connectivity index (χ0v) is 11.3. The molecule has 2 aromatic rings. The van der Waals surface area contributed by atoms with Crippen molar-refractivity contribution in [2.75, 3.05) is 5.32 Å². The van der Waals surface area contributed by atoms with Crippen LogP contribution in [0.2, 0.25) is 0 Å². The molecule has 0 saturated carbocycles. The zero-order valence-electron chi connectivity index (χ0n) is 10.5. The lowest BCUT2D eigenvalue weighted by Crippen LogP contribution is -2.35. The monoisotopic (exact) mass is 285 g/mol. The summed E-state index contributed by atoms with van der Waals surface area (Å²) in [7, 11) is 0. The van der Waals surface area contributed by atoms with E-state index in [0.29, 0.717) is 23.5 Å². The van der Waals surface area contributed by atoms with Crippen LogP contribution in [-0.2, 0) is 23.1 Å². The molecule has 4 rings (SSSR count). The third-order valence-electron chi connectivity index (χ3n) is 4.08. The Balaban J connectivity index is 1.80. The Hall–Kier alpha value is -2.21. The number of hydrogen-bond acceptors (Lipinski definition) is 4. The van der Waals surface area contributed by atoms with Crippen LogP contribution in [0.5, 0.6) is 0 Å². The number of nitrogens with two attached hydrogens (primary N) is 1. The van der Waals surface area contributed by atoms with Crippen molar-refractivity contribution in [3.05, 3.63) is 45.3 Å². The summed E-state index contributed by atoms with van der Waals surface area (Å²) in [5.74, 6) is 0.245. The van der Waals surface area contributed by atoms with Crippen LogP contribution in [0.15, 0.2) is 24.4 Å². The Bertz CT molecular complexity index is 742. The van der Waals surface area contributed by atoms with E-state index in [1.807, 2.05) is 18.2 Å². The number of carbonyl (C=O) groups excluding carboxylic acids is 2. The van der Waals surface area contributed by atoms with Crippen molar-refractivity contribution in [1.29, 1.82) is 0 Å². The molecule has 0 bridgehead atoms. The quantitative estimate of drug-likeness (QED) is 0.826. The summed E-state index contributed by atoms with van der Waals surface area (Å²) >= 11 is 1.39. The molecule has 20 heavy (non-hydrogen) atoms. The van der Waals surface area contributed by atoms with E-state index in [0.717, 1.165) is 16.0 Å². The molecule has 0 aromatic carbocycles. The first-order chi connectivity index (χ1) is 9.60. The maximum Gasteiger partial charge on any atom is 0.258 e. The van der Waals surface area contributed by atoms with Crippen LogP contribution in [0.1, 0.15) is 25.7 Å². The third kappa shape index (κ3) is 1.34. The van der Waals surface area contributed by atoms with Crippen molar-refractivity contribution >= 4 is 29.0 Å². The first-order valence-corrected chi connectivity index (χ1v) is 7.10. The highest BCUT2D eigenvalue weighted by atomic mass is 32.1. The van der Waals surface area contributed by atoms with Gasteiger partial charge in [0.15, 0.2) is 0 Å². The fourth-order valence-corrected chi connectivity index (χ4v) is 4.29. The average molecular weight is 285 g/mol. The lowest BCUT2D eigenvalue weighted by molar-refractivity contribution is -0.120. The highest BCUT2D eigenvalue weighted by Crippen LogP contribution is 2.48. The molecule has 100 valence electrons. The normalized spacial score (nSPS) is 22.7. The number of pyridine rings is 1. The van der Waals surface area contributed by atoms with E-state index in [1.165, 1.54) is 11.3 Å². The topological polar surface area (TPSA) is 85.1 Å². The Morgan fingerprint density at radius 1 is 1.45 bits per heavy atom. The number of rotatable bonds is 1. The molecule has 5 nitrogen and oxygen atoms in total. The minimum Gasteiger partial charge on any atom is -0.365 e. The molecule has 1 atom stereocenters. The number of primary amides is 1. The van der Waals surface area contributed by atoms with Gasteiger partial charge in [-0.15, -0.1) is 11.3 Å². The SMILES string of the molecule is NC(=O)c1cc2c(s1)CC1(C2)C(=O)Nc2ncccc21. The van der Waals surface area contributed by atoms with Gasteiger partial charge in [-0.25, -0.2) is 4.98 Å². The Labute approximate surface area is 118 Å². The van der Waals surface area contributed by atoms with Crippen LogP contribution in [0.4, 0.5) is 5.82 Å². The van der Waals surface area contributed by atoms with Gasteiger partial charge in [-0.2, -0.15) is 0 Å². The fourth-order valence-electron chi connectivity index (χ4n) is 3.14. The van der Waals surface area contributed by atoms with Gasteiger partial charge in [0.1, 0.15) is 5.82 Å². The summed E-state index contributed by atoms with van der Waals surface area (Å²) in [5.41, 5.74) is 6.76. The van der Waals surface area contributed by atoms with Gasteiger partial charge < -0.3 is 11.1 Å². The van der Waals surface area contributed by atoms with E-state index >= 15 is 0 Å². The van der Waals surface area contributed by atoms with Crippen LogP contribution in [0.3, 0.4) is 0 Å². The highest BCUT2D eigenvalue weighted by Gasteiger charge is 2.51. The summed E-state index contributed by atoms with van der Waals surface area (Å²) in [5, 5.41) is 2.86. The second kappa shape index (κ2) is 3.67. The number of amides is 2. The molecule has 2 aromatic heterocycles. The van der Waals surface area contributed by atoms with Crippen LogP contribution in [0, 0.1) is 0 Å². The summed E-state index contributed by atoms with van der Waals surface area (Å²) < 4.78 is 0. The van der Waals surface area contributed by atoms with E-state index in [2.05, 4.69) is 10.3 Å². The number of hydrogen-bond donors (Lipinski definition) is 2. The molecule has 1 spiro atoms. The number of anilines is 1. The molecule has 0 fully saturated rings. The number of carbonyl (C=O) groups is 2. The molecule has 6 heteroatoms. The molecule has 1 unspecified atom stereocenters. The van der Waals surface area contributed by atoms with Gasteiger partial charge in [0.05, 0.1) is 10.3 Å². The lowest BCUT2D eigenvalue weighted by atomic mass is 9.80. The Morgan fingerprint density at radius 3 is 3.05 bits per heavy atom. The van der Waals surface area contributed by atoms with Crippen LogP contribution < -0.4 is 11.1 Å². The molecule has 0 saturated heterocycles.